The van der Waals surface area contributed by atoms with Crippen molar-refractivity contribution in [3.05, 3.63) is 59.0 Å². The molecular formula is C17H14F3N3O2. The third kappa shape index (κ3) is 3.78. The van der Waals surface area contributed by atoms with E-state index in [0.29, 0.717) is 5.75 Å². The first-order valence-electron chi connectivity index (χ1n) is 7.40. The van der Waals surface area contributed by atoms with Crippen molar-refractivity contribution in [1.29, 1.82) is 0 Å². The highest BCUT2D eigenvalue weighted by Gasteiger charge is 2.18. The molecule has 0 saturated carbocycles. The first-order valence-corrected chi connectivity index (χ1v) is 7.40. The van der Waals surface area contributed by atoms with Crippen LogP contribution in [0, 0.1) is 19.7 Å². The molecule has 0 N–H and O–H groups in total. The largest absolute Gasteiger partial charge is 0.487 e. The molecule has 25 heavy (non-hydrogen) atoms. The van der Waals surface area contributed by atoms with E-state index in [-0.39, 0.29) is 23.8 Å². The first kappa shape index (κ1) is 16.9. The maximum atomic E-state index is 14.2. The fourth-order valence-corrected chi connectivity index (χ4v) is 2.08. The topological polar surface area (TPSA) is 61.0 Å². The quantitative estimate of drug-likeness (QED) is 0.683. The summed E-state index contributed by atoms with van der Waals surface area (Å²) in [6.07, 6.45) is -1.62. The van der Waals surface area contributed by atoms with Crippen molar-refractivity contribution in [1.82, 2.24) is 15.2 Å². The van der Waals surface area contributed by atoms with Gasteiger partial charge in [0, 0.05) is 6.20 Å². The number of rotatable bonds is 5. The lowest BCUT2D eigenvalue weighted by molar-refractivity contribution is 0.116. The van der Waals surface area contributed by atoms with Crippen LogP contribution in [0.4, 0.5) is 13.2 Å². The summed E-state index contributed by atoms with van der Waals surface area (Å²) in [4.78, 5) is 3.95. The highest BCUT2D eigenvalue weighted by molar-refractivity contribution is 5.51. The van der Waals surface area contributed by atoms with Crippen molar-refractivity contribution in [3.8, 4) is 17.2 Å². The molecule has 8 heteroatoms. The second-order valence-corrected chi connectivity index (χ2v) is 5.43. The SMILES string of the molecule is Cc1ccc(OCc2ncc(-c3nnc(C(F)F)o3)cc2F)cc1C. The molecular weight excluding hydrogens is 335 g/mol. The number of alkyl halides is 2. The summed E-state index contributed by atoms with van der Waals surface area (Å²) in [6, 6.07) is 6.65. The maximum absolute atomic E-state index is 14.2. The molecule has 0 aliphatic heterocycles. The van der Waals surface area contributed by atoms with Crippen LogP contribution in [0.15, 0.2) is 34.9 Å². The number of aryl methyl sites for hydroxylation is 2. The molecule has 0 radical (unpaired) electrons. The molecule has 0 unspecified atom stereocenters. The van der Waals surface area contributed by atoms with Crippen molar-refractivity contribution in [3.63, 3.8) is 0 Å². The molecule has 130 valence electrons. The number of hydrogen-bond acceptors (Lipinski definition) is 5. The van der Waals surface area contributed by atoms with Crippen LogP contribution in [-0.2, 0) is 6.61 Å². The fourth-order valence-electron chi connectivity index (χ4n) is 2.08. The lowest BCUT2D eigenvalue weighted by atomic mass is 10.1. The van der Waals surface area contributed by atoms with Crippen LogP contribution in [0.3, 0.4) is 0 Å². The molecule has 0 fully saturated rings. The van der Waals surface area contributed by atoms with Crippen LogP contribution >= 0.6 is 0 Å². The van der Waals surface area contributed by atoms with E-state index in [0.717, 1.165) is 17.2 Å². The second-order valence-electron chi connectivity index (χ2n) is 5.43. The van der Waals surface area contributed by atoms with E-state index in [1.165, 1.54) is 6.20 Å². The zero-order chi connectivity index (χ0) is 18.0. The Kier molecular flexibility index (Phi) is 4.69. The van der Waals surface area contributed by atoms with Crippen LogP contribution in [-0.4, -0.2) is 15.2 Å². The predicted octanol–water partition coefficient (Wildman–Crippen LogP) is 4.40. The summed E-state index contributed by atoms with van der Waals surface area (Å²) >= 11 is 0. The van der Waals surface area contributed by atoms with Gasteiger partial charge in [-0.2, -0.15) is 8.78 Å². The molecule has 1 aromatic carbocycles. The molecule has 0 saturated heterocycles. The zero-order valence-electron chi connectivity index (χ0n) is 13.5. The Balaban J connectivity index is 1.74. The average molecular weight is 349 g/mol. The Labute approximate surface area is 141 Å². The fraction of sp³-hybridized carbons (Fsp3) is 0.235. The Hall–Kier alpha value is -2.90. The molecule has 3 aromatic rings. The van der Waals surface area contributed by atoms with Gasteiger partial charge in [0.2, 0.25) is 5.89 Å². The average Bonchev–Trinajstić information content (AvgIpc) is 3.07. The summed E-state index contributed by atoms with van der Waals surface area (Å²) in [6.45, 7) is 3.87. The van der Waals surface area contributed by atoms with E-state index in [9.17, 15) is 13.2 Å². The van der Waals surface area contributed by atoms with Gasteiger partial charge in [0.1, 0.15) is 23.9 Å². The Bertz CT molecular complexity index is 897. The van der Waals surface area contributed by atoms with Gasteiger partial charge in [-0.25, -0.2) is 4.39 Å². The van der Waals surface area contributed by atoms with Gasteiger partial charge < -0.3 is 9.15 Å². The smallest absolute Gasteiger partial charge is 0.314 e. The molecule has 0 aliphatic carbocycles. The van der Waals surface area contributed by atoms with Gasteiger partial charge >= 0.3 is 6.43 Å². The molecule has 0 spiro atoms. The highest BCUT2D eigenvalue weighted by Crippen LogP contribution is 2.24. The van der Waals surface area contributed by atoms with Gasteiger partial charge in [-0.15, -0.1) is 10.2 Å². The number of hydrogen-bond donors (Lipinski definition) is 0. The maximum Gasteiger partial charge on any atom is 0.314 e. The minimum atomic E-state index is -2.88. The summed E-state index contributed by atoms with van der Waals surface area (Å²) in [7, 11) is 0. The van der Waals surface area contributed by atoms with Crippen molar-refractivity contribution in [2.75, 3.05) is 0 Å². The van der Waals surface area contributed by atoms with Gasteiger partial charge in [0.25, 0.3) is 5.89 Å². The molecule has 0 amide bonds. The number of nitrogens with zero attached hydrogens (tertiary/aromatic N) is 3. The minimum absolute atomic E-state index is 0.0687. The van der Waals surface area contributed by atoms with Gasteiger partial charge in [-0.3, -0.25) is 4.98 Å². The second kappa shape index (κ2) is 6.92. The third-order valence-electron chi connectivity index (χ3n) is 3.65. The van der Waals surface area contributed by atoms with Crippen LogP contribution < -0.4 is 4.74 Å². The minimum Gasteiger partial charge on any atom is -0.487 e. The monoisotopic (exact) mass is 349 g/mol. The van der Waals surface area contributed by atoms with E-state index in [1.54, 1.807) is 6.07 Å². The lowest BCUT2D eigenvalue weighted by Crippen LogP contribution is -2.02. The van der Waals surface area contributed by atoms with Crippen molar-refractivity contribution in [2.24, 2.45) is 0 Å². The van der Waals surface area contributed by atoms with Crippen molar-refractivity contribution in [2.45, 2.75) is 26.9 Å². The number of aromatic nitrogens is 3. The summed E-state index contributed by atoms with van der Waals surface area (Å²) in [5, 5.41) is 6.65. The summed E-state index contributed by atoms with van der Waals surface area (Å²) in [5.41, 5.74) is 2.39. The van der Waals surface area contributed by atoms with E-state index in [1.807, 2.05) is 26.0 Å². The number of pyridine rings is 1. The van der Waals surface area contributed by atoms with Crippen LogP contribution in [0.2, 0.25) is 0 Å². The van der Waals surface area contributed by atoms with Crippen LogP contribution in [0.1, 0.15) is 29.1 Å². The molecule has 0 atom stereocenters. The van der Waals surface area contributed by atoms with Crippen molar-refractivity contribution < 1.29 is 22.3 Å². The van der Waals surface area contributed by atoms with Crippen molar-refractivity contribution >= 4 is 0 Å². The lowest BCUT2D eigenvalue weighted by Gasteiger charge is -2.09. The summed E-state index contributed by atoms with van der Waals surface area (Å²) < 4.78 is 49.4. The number of ether oxygens (including phenoxy) is 1. The van der Waals surface area contributed by atoms with E-state index >= 15 is 0 Å². The van der Waals surface area contributed by atoms with Gasteiger partial charge in [-0.05, 0) is 43.2 Å². The molecule has 0 aliphatic rings. The third-order valence-corrected chi connectivity index (χ3v) is 3.65. The van der Waals surface area contributed by atoms with Gasteiger partial charge in [0.15, 0.2) is 0 Å². The Morgan fingerprint density at radius 2 is 1.92 bits per heavy atom. The number of halogens is 3. The molecule has 3 rings (SSSR count). The standard InChI is InChI=1S/C17H14F3N3O2/c1-9-3-4-12(5-10(9)2)24-8-14-13(18)6-11(7-21-14)16-22-23-17(25-16)15(19)20/h3-7,15H,8H2,1-2H3. The van der Waals surface area contributed by atoms with Crippen LogP contribution in [0.5, 0.6) is 5.75 Å². The Morgan fingerprint density at radius 1 is 1.12 bits per heavy atom. The molecule has 5 nitrogen and oxygen atoms in total. The van der Waals surface area contributed by atoms with E-state index < -0.39 is 18.1 Å². The van der Waals surface area contributed by atoms with Gasteiger partial charge in [0.05, 0.1) is 5.56 Å². The van der Waals surface area contributed by atoms with Gasteiger partial charge in [-0.1, -0.05) is 6.07 Å². The molecule has 0 bridgehead atoms. The first-order chi connectivity index (χ1) is 11.9. The highest BCUT2D eigenvalue weighted by atomic mass is 19.3. The normalized spacial score (nSPS) is 11.1. The zero-order valence-corrected chi connectivity index (χ0v) is 13.5. The Morgan fingerprint density at radius 3 is 2.56 bits per heavy atom. The van der Waals surface area contributed by atoms with Crippen LogP contribution in [0.25, 0.3) is 11.5 Å². The molecule has 2 heterocycles. The van der Waals surface area contributed by atoms with E-state index in [2.05, 4.69) is 15.2 Å². The molecule has 2 aromatic heterocycles. The summed E-state index contributed by atoms with van der Waals surface area (Å²) in [5.74, 6) is -1.09. The van der Waals surface area contributed by atoms with E-state index in [4.69, 9.17) is 9.15 Å². The number of benzene rings is 1. The predicted molar refractivity (Wildman–Crippen MR) is 82.7 cm³/mol.